The van der Waals surface area contributed by atoms with Crippen LogP contribution in [0.2, 0.25) is 5.02 Å². The molecule has 0 radical (unpaired) electrons. The molecule has 1 heterocycles. The fourth-order valence-electron chi connectivity index (χ4n) is 2.33. The molecule has 7 nitrogen and oxygen atoms in total. The molecule has 3 aromatic rings. The second kappa shape index (κ2) is 7.37. The van der Waals surface area contributed by atoms with E-state index in [-0.39, 0.29) is 12.2 Å². The van der Waals surface area contributed by atoms with Crippen molar-refractivity contribution in [2.24, 2.45) is 7.05 Å². The maximum Gasteiger partial charge on any atom is 0.351 e. The van der Waals surface area contributed by atoms with Gasteiger partial charge < -0.3 is 5.32 Å². The molecule has 8 heteroatoms. The number of nitrogens with zero attached hydrogens (tertiary/aromatic N) is 3. The number of halogens is 1. The molecule has 0 aliphatic heterocycles. The van der Waals surface area contributed by atoms with Gasteiger partial charge in [0.25, 0.3) is 11.5 Å². The molecule has 1 N–H and O–H groups in total. The minimum Gasteiger partial charge on any atom is -0.346 e. The van der Waals surface area contributed by atoms with Gasteiger partial charge in [0.15, 0.2) is 0 Å². The number of amides is 1. The van der Waals surface area contributed by atoms with E-state index < -0.39 is 17.2 Å². The summed E-state index contributed by atoms with van der Waals surface area (Å²) < 4.78 is 1.84. The number of benzene rings is 2. The van der Waals surface area contributed by atoms with Gasteiger partial charge in [-0.1, -0.05) is 41.9 Å². The molecule has 0 atom stereocenters. The lowest BCUT2D eigenvalue weighted by molar-refractivity contribution is 0.0941. The molecule has 0 saturated carbocycles. The van der Waals surface area contributed by atoms with Crippen LogP contribution >= 0.6 is 11.6 Å². The fourth-order valence-corrected chi connectivity index (χ4v) is 2.45. The summed E-state index contributed by atoms with van der Waals surface area (Å²) in [5, 5.41) is 7.09. The predicted octanol–water partition coefficient (Wildman–Crippen LogP) is 1.51. The number of hydrogen-bond donors (Lipinski definition) is 1. The minimum absolute atomic E-state index is 0.241. The first-order chi connectivity index (χ1) is 12.5. The van der Waals surface area contributed by atoms with Crippen LogP contribution < -0.4 is 16.6 Å². The van der Waals surface area contributed by atoms with Crippen molar-refractivity contribution in [1.29, 1.82) is 0 Å². The van der Waals surface area contributed by atoms with Crippen molar-refractivity contribution in [3.8, 4) is 5.69 Å². The quantitative estimate of drug-likeness (QED) is 0.754. The lowest BCUT2D eigenvalue weighted by Gasteiger charge is -2.10. The molecule has 0 aliphatic rings. The molecule has 0 aliphatic carbocycles. The third-order valence-corrected chi connectivity index (χ3v) is 4.01. The minimum atomic E-state index is -0.759. The Labute approximate surface area is 153 Å². The van der Waals surface area contributed by atoms with E-state index in [1.165, 1.54) is 7.05 Å². The van der Waals surface area contributed by atoms with Crippen LogP contribution in [0.5, 0.6) is 0 Å². The first-order valence-corrected chi connectivity index (χ1v) is 8.13. The highest BCUT2D eigenvalue weighted by atomic mass is 35.5. The normalized spacial score (nSPS) is 10.5. The van der Waals surface area contributed by atoms with E-state index >= 15 is 0 Å². The van der Waals surface area contributed by atoms with Gasteiger partial charge in [0, 0.05) is 18.6 Å². The molecule has 26 heavy (non-hydrogen) atoms. The summed E-state index contributed by atoms with van der Waals surface area (Å²) in [6.07, 6.45) is 0. The topological polar surface area (TPSA) is 86.0 Å². The Hall–Kier alpha value is -3.19. The Morgan fingerprint density at radius 1 is 1.08 bits per heavy atom. The van der Waals surface area contributed by atoms with Crippen LogP contribution in [-0.2, 0) is 13.6 Å². The summed E-state index contributed by atoms with van der Waals surface area (Å²) in [6, 6.07) is 15.6. The summed E-state index contributed by atoms with van der Waals surface area (Å²) in [5.41, 5.74) is -0.503. The highest BCUT2D eigenvalue weighted by Gasteiger charge is 2.18. The lowest BCUT2D eigenvalue weighted by atomic mass is 10.2. The van der Waals surface area contributed by atoms with Crippen LogP contribution in [0.15, 0.2) is 64.2 Å². The maximum absolute atomic E-state index is 12.4. The van der Waals surface area contributed by atoms with Crippen LogP contribution in [0.25, 0.3) is 5.69 Å². The van der Waals surface area contributed by atoms with Crippen molar-refractivity contribution >= 4 is 17.5 Å². The van der Waals surface area contributed by atoms with Crippen LogP contribution in [0.3, 0.4) is 0 Å². The fraction of sp³-hybridized carbons (Fsp3) is 0.111. The van der Waals surface area contributed by atoms with E-state index in [1.807, 2.05) is 30.3 Å². The highest BCUT2D eigenvalue weighted by molar-refractivity contribution is 6.30. The molecular formula is C18H15ClN4O3. The Kier molecular flexibility index (Phi) is 4.99. The molecule has 0 saturated heterocycles. The Morgan fingerprint density at radius 3 is 2.38 bits per heavy atom. The highest BCUT2D eigenvalue weighted by Crippen LogP contribution is 2.11. The van der Waals surface area contributed by atoms with Gasteiger partial charge in [0.1, 0.15) is 0 Å². The molecule has 1 aromatic heterocycles. The Morgan fingerprint density at radius 2 is 1.73 bits per heavy atom. The van der Waals surface area contributed by atoms with Crippen LogP contribution in [-0.4, -0.2) is 20.3 Å². The van der Waals surface area contributed by atoms with E-state index in [4.69, 9.17) is 11.6 Å². The largest absolute Gasteiger partial charge is 0.351 e. The van der Waals surface area contributed by atoms with E-state index in [1.54, 1.807) is 24.3 Å². The SMILES string of the molecule is Cn1c(=O)c(C(=O)NCc2ccccc2)nn(-c2ccc(Cl)cc2)c1=O. The molecule has 132 valence electrons. The monoisotopic (exact) mass is 370 g/mol. The van der Waals surface area contributed by atoms with Gasteiger partial charge in [0.2, 0.25) is 5.69 Å². The van der Waals surface area contributed by atoms with Gasteiger partial charge in [-0.15, -0.1) is 0 Å². The molecule has 1 amide bonds. The molecular weight excluding hydrogens is 356 g/mol. The summed E-state index contributed by atoms with van der Waals surface area (Å²) in [5.74, 6) is -0.655. The van der Waals surface area contributed by atoms with Gasteiger partial charge >= 0.3 is 5.69 Å². The molecule has 0 spiro atoms. The molecule has 2 aromatic carbocycles. The molecule has 0 unspecified atom stereocenters. The van der Waals surface area contributed by atoms with E-state index in [0.717, 1.165) is 14.8 Å². The molecule has 0 fully saturated rings. The van der Waals surface area contributed by atoms with E-state index in [0.29, 0.717) is 10.7 Å². The average Bonchev–Trinajstić information content (AvgIpc) is 2.66. The summed E-state index contributed by atoms with van der Waals surface area (Å²) >= 11 is 5.85. The maximum atomic E-state index is 12.4. The number of aromatic nitrogens is 3. The predicted molar refractivity (Wildman–Crippen MR) is 97.7 cm³/mol. The zero-order chi connectivity index (χ0) is 18.7. The summed E-state index contributed by atoms with van der Waals surface area (Å²) in [6.45, 7) is 0.241. The van der Waals surface area contributed by atoms with Crippen LogP contribution in [0.1, 0.15) is 16.1 Å². The average molecular weight is 371 g/mol. The first-order valence-electron chi connectivity index (χ1n) is 7.76. The van der Waals surface area contributed by atoms with Crippen molar-refractivity contribution in [3.05, 3.63) is 91.7 Å². The number of hydrogen-bond acceptors (Lipinski definition) is 4. The van der Waals surface area contributed by atoms with Gasteiger partial charge in [-0.2, -0.15) is 9.78 Å². The van der Waals surface area contributed by atoms with Crippen LogP contribution in [0, 0.1) is 0 Å². The standard InChI is InChI=1S/C18H15ClN4O3/c1-22-17(25)15(16(24)20-11-12-5-3-2-4-6-12)21-23(18(22)26)14-9-7-13(19)8-10-14/h2-10H,11H2,1H3,(H,20,24). The van der Waals surface area contributed by atoms with Gasteiger partial charge in [-0.25, -0.2) is 4.79 Å². The summed E-state index contributed by atoms with van der Waals surface area (Å²) in [4.78, 5) is 37.0. The van der Waals surface area contributed by atoms with Crippen molar-refractivity contribution in [1.82, 2.24) is 19.7 Å². The van der Waals surface area contributed by atoms with Crippen molar-refractivity contribution in [2.75, 3.05) is 0 Å². The van der Waals surface area contributed by atoms with E-state index in [2.05, 4.69) is 10.4 Å². The Bertz CT molecular complexity index is 1060. The zero-order valence-electron chi connectivity index (χ0n) is 13.8. The molecule has 3 rings (SSSR count). The number of carbonyl (C=O) groups excluding carboxylic acids is 1. The first kappa shape index (κ1) is 17.6. The van der Waals surface area contributed by atoms with Crippen molar-refractivity contribution in [2.45, 2.75) is 6.54 Å². The van der Waals surface area contributed by atoms with Gasteiger partial charge in [0.05, 0.1) is 5.69 Å². The van der Waals surface area contributed by atoms with E-state index in [9.17, 15) is 14.4 Å². The van der Waals surface area contributed by atoms with Gasteiger partial charge in [-0.3, -0.25) is 14.2 Å². The van der Waals surface area contributed by atoms with Crippen LogP contribution in [0.4, 0.5) is 0 Å². The second-order valence-corrected chi connectivity index (χ2v) is 5.99. The lowest BCUT2D eigenvalue weighted by Crippen LogP contribution is -2.44. The third kappa shape index (κ3) is 3.57. The smallest absolute Gasteiger partial charge is 0.346 e. The number of carbonyl (C=O) groups is 1. The third-order valence-electron chi connectivity index (χ3n) is 3.76. The van der Waals surface area contributed by atoms with Crippen molar-refractivity contribution in [3.63, 3.8) is 0 Å². The number of nitrogens with one attached hydrogen (secondary N) is 1. The number of rotatable bonds is 4. The van der Waals surface area contributed by atoms with Gasteiger partial charge in [-0.05, 0) is 29.8 Å². The summed E-state index contributed by atoms with van der Waals surface area (Å²) in [7, 11) is 1.30. The van der Waals surface area contributed by atoms with Crippen molar-refractivity contribution < 1.29 is 4.79 Å². The Balaban J connectivity index is 1.96. The zero-order valence-corrected chi connectivity index (χ0v) is 14.6. The molecule has 0 bridgehead atoms. The second-order valence-electron chi connectivity index (χ2n) is 5.55.